The molecule has 42 heavy (non-hydrogen) atoms. The van der Waals surface area contributed by atoms with Gasteiger partial charge in [0.25, 0.3) is 5.91 Å². The van der Waals surface area contributed by atoms with Crippen molar-refractivity contribution in [3.05, 3.63) is 52.1 Å². The Balaban J connectivity index is 1.70. The molecule has 0 saturated heterocycles. The van der Waals surface area contributed by atoms with Crippen LogP contribution in [-0.4, -0.2) is 74.4 Å². The van der Waals surface area contributed by atoms with Crippen LogP contribution in [0.15, 0.2) is 28.3 Å². The third-order valence-corrected chi connectivity index (χ3v) is 7.81. The normalized spacial score (nSPS) is 16.0. The van der Waals surface area contributed by atoms with Gasteiger partial charge in [0.1, 0.15) is 30.0 Å². The number of carbonyl (C=O) groups excluding carboxylic acids is 3. The maximum absolute atomic E-state index is 13.9. The minimum Gasteiger partial charge on any atom is -0.493 e. The molecule has 2 aromatic carbocycles. The molecule has 0 bridgehead atoms. The minimum absolute atomic E-state index is 0.0506. The molecule has 1 atom stereocenters. The first kappa shape index (κ1) is 31.3. The van der Waals surface area contributed by atoms with Gasteiger partial charge in [-0.1, -0.05) is 20.8 Å². The molecular weight excluding hydrogens is 604 g/mol. The topological polar surface area (TPSA) is 110 Å². The number of ketones is 1. The first-order valence-electron chi connectivity index (χ1n) is 14.2. The highest BCUT2D eigenvalue weighted by molar-refractivity contribution is 9.08. The number of nitrogens with zero attached hydrogens (tertiary/aromatic N) is 3. The van der Waals surface area contributed by atoms with Crippen molar-refractivity contribution >= 4 is 45.3 Å². The number of ether oxygens (including phenoxy) is 3. The number of Topliss-reactive ketones (excluding diaryl/α,β-unsaturated/α-hetero) is 1. The van der Waals surface area contributed by atoms with E-state index in [4.69, 9.17) is 14.2 Å². The fourth-order valence-electron chi connectivity index (χ4n) is 5.35. The van der Waals surface area contributed by atoms with Gasteiger partial charge in [0.05, 0.1) is 53.7 Å². The number of nitrogens with one attached hydrogen (secondary N) is 1. The summed E-state index contributed by atoms with van der Waals surface area (Å²) in [4.78, 5) is 43.0. The number of anilines is 1. The van der Waals surface area contributed by atoms with Gasteiger partial charge in [-0.15, -0.1) is 0 Å². The summed E-state index contributed by atoms with van der Waals surface area (Å²) in [5, 5.41) is 2.66. The second kappa shape index (κ2) is 12.7. The van der Waals surface area contributed by atoms with E-state index in [1.54, 1.807) is 20.0 Å². The number of esters is 1. The average Bonchev–Trinajstić information content (AvgIpc) is 3.30. The molecule has 1 amide bonds. The van der Waals surface area contributed by atoms with Crippen LogP contribution in [0.25, 0.3) is 0 Å². The van der Waals surface area contributed by atoms with Gasteiger partial charge in [-0.2, -0.15) is 4.02 Å². The second-order valence-electron chi connectivity index (χ2n) is 11.3. The molecule has 0 spiro atoms. The number of amides is 1. The SMILES string of the molecule is CCOC(=O)C(C)N1CCOc2c1cc(C(=O)CN1Cc3cc(OCC)c(C(=O)NC)cc3C1=NBr)cc2C(C)(C)C. The summed E-state index contributed by atoms with van der Waals surface area (Å²) in [5.74, 6) is 1.02. The number of carbonyl (C=O) groups is 3. The smallest absolute Gasteiger partial charge is 0.328 e. The molecule has 4 rings (SSSR count). The maximum atomic E-state index is 13.9. The van der Waals surface area contributed by atoms with Crippen molar-refractivity contribution in [2.75, 3.05) is 44.9 Å². The Morgan fingerprint density at radius 3 is 2.50 bits per heavy atom. The standard InChI is InChI=1S/C31H39BrN4O6/c1-8-40-26-14-20-16-35(28(34-32)21(20)15-22(26)29(38)33-7)17-25(37)19-12-23(31(4,5)6)27-24(13-19)36(10-11-42-27)18(3)30(39)41-9-2/h12-15,18H,8-11,16-17H2,1-7H3,(H,33,38). The first-order valence-corrected chi connectivity index (χ1v) is 14.9. The molecule has 2 aliphatic rings. The van der Waals surface area contributed by atoms with Crippen molar-refractivity contribution in [1.82, 2.24) is 10.2 Å². The molecule has 2 heterocycles. The predicted molar refractivity (Wildman–Crippen MR) is 165 cm³/mol. The Morgan fingerprint density at radius 2 is 1.88 bits per heavy atom. The Morgan fingerprint density at radius 1 is 1.14 bits per heavy atom. The van der Waals surface area contributed by atoms with Crippen LogP contribution in [0.4, 0.5) is 5.69 Å². The Hall–Kier alpha value is -3.60. The van der Waals surface area contributed by atoms with E-state index in [1.807, 2.05) is 41.8 Å². The predicted octanol–water partition coefficient (Wildman–Crippen LogP) is 4.65. The highest BCUT2D eigenvalue weighted by Gasteiger charge is 2.35. The molecule has 0 fully saturated rings. The number of fused-ring (bicyclic) bond motifs is 2. The zero-order valence-electron chi connectivity index (χ0n) is 25.3. The lowest BCUT2D eigenvalue weighted by Gasteiger charge is -2.37. The molecule has 10 nitrogen and oxygen atoms in total. The summed E-state index contributed by atoms with van der Waals surface area (Å²) in [7, 11) is 1.57. The first-order chi connectivity index (χ1) is 19.9. The van der Waals surface area contributed by atoms with Crippen molar-refractivity contribution in [3.63, 3.8) is 0 Å². The van der Waals surface area contributed by atoms with Gasteiger partial charge in [0.2, 0.25) is 0 Å². The van der Waals surface area contributed by atoms with E-state index < -0.39 is 6.04 Å². The van der Waals surface area contributed by atoms with Crippen LogP contribution in [0.5, 0.6) is 11.5 Å². The van der Waals surface area contributed by atoms with Crippen LogP contribution < -0.4 is 19.7 Å². The lowest BCUT2D eigenvalue weighted by atomic mass is 9.84. The number of hydrogen-bond donors (Lipinski definition) is 1. The van der Waals surface area contributed by atoms with Gasteiger partial charge in [0.15, 0.2) is 5.78 Å². The van der Waals surface area contributed by atoms with Crippen molar-refractivity contribution in [1.29, 1.82) is 0 Å². The Kier molecular flexibility index (Phi) is 9.50. The summed E-state index contributed by atoms with van der Waals surface area (Å²) in [5.41, 5.74) is 3.84. The quantitative estimate of drug-likeness (QED) is 0.311. The molecule has 0 radical (unpaired) electrons. The summed E-state index contributed by atoms with van der Waals surface area (Å²) >= 11 is 3.23. The fraction of sp³-hybridized carbons (Fsp3) is 0.484. The largest absolute Gasteiger partial charge is 0.493 e. The summed E-state index contributed by atoms with van der Waals surface area (Å²) < 4.78 is 21.5. The van der Waals surface area contributed by atoms with Crippen LogP contribution in [0.2, 0.25) is 0 Å². The zero-order chi connectivity index (χ0) is 30.8. The third-order valence-electron chi connectivity index (χ3n) is 7.48. The number of hydrogen-bond acceptors (Lipinski definition) is 8. The van der Waals surface area contributed by atoms with Gasteiger partial charge >= 0.3 is 5.97 Å². The van der Waals surface area contributed by atoms with E-state index in [0.717, 1.165) is 16.7 Å². The van der Waals surface area contributed by atoms with Gasteiger partial charge in [-0.3, -0.25) is 9.59 Å². The van der Waals surface area contributed by atoms with Crippen LogP contribution in [0.1, 0.15) is 78.9 Å². The fourth-order valence-corrected chi connectivity index (χ4v) is 5.76. The highest BCUT2D eigenvalue weighted by atomic mass is 79.9. The molecule has 1 unspecified atom stereocenters. The van der Waals surface area contributed by atoms with E-state index in [1.165, 1.54) is 0 Å². The van der Waals surface area contributed by atoms with E-state index in [0.29, 0.717) is 67.1 Å². The average molecular weight is 644 g/mol. The van der Waals surface area contributed by atoms with Crippen LogP contribution in [-0.2, 0) is 21.5 Å². The number of benzene rings is 2. The molecule has 2 aromatic rings. The molecule has 226 valence electrons. The molecule has 11 heteroatoms. The van der Waals surface area contributed by atoms with E-state index in [9.17, 15) is 14.4 Å². The van der Waals surface area contributed by atoms with Gasteiger partial charge in [-0.25, -0.2) is 4.79 Å². The molecular formula is C31H39BrN4O6. The number of halogens is 1. The lowest BCUT2D eigenvalue weighted by molar-refractivity contribution is -0.144. The highest BCUT2D eigenvalue weighted by Crippen LogP contribution is 2.43. The van der Waals surface area contributed by atoms with Gasteiger partial charge < -0.3 is 29.3 Å². The zero-order valence-corrected chi connectivity index (χ0v) is 26.9. The monoisotopic (exact) mass is 642 g/mol. The summed E-state index contributed by atoms with van der Waals surface area (Å²) in [6.07, 6.45) is 0. The molecule has 1 N–H and O–H groups in total. The lowest BCUT2D eigenvalue weighted by Crippen LogP contribution is -2.45. The van der Waals surface area contributed by atoms with Gasteiger partial charge in [0, 0.05) is 30.3 Å². The summed E-state index contributed by atoms with van der Waals surface area (Å²) in [6.45, 7) is 13.8. The van der Waals surface area contributed by atoms with Crippen LogP contribution >= 0.6 is 16.1 Å². The number of rotatable bonds is 9. The molecule has 2 aliphatic heterocycles. The Labute approximate surface area is 255 Å². The number of amidine groups is 1. The Bertz CT molecular complexity index is 1420. The molecule has 0 saturated carbocycles. The minimum atomic E-state index is -0.542. The van der Waals surface area contributed by atoms with Gasteiger partial charge in [-0.05, 0) is 56.0 Å². The van der Waals surface area contributed by atoms with Crippen LogP contribution in [0.3, 0.4) is 0 Å². The maximum Gasteiger partial charge on any atom is 0.328 e. The van der Waals surface area contributed by atoms with Crippen molar-refractivity contribution < 1.29 is 28.6 Å². The van der Waals surface area contributed by atoms with Crippen molar-refractivity contribution in [2.24, 2.45) is 4.02 Å². The molecule has 0 aliphatic carbocycles. The third kappa shape index (κ3) is 6.11. The van der Waals surface area contributed by atoms with Crippen molar-refractivity contribution in [2.45, 2.75) is 59.5 Å². The van der Waals surface area contributed by atoms with E-state index >= 15 is 0 Å². The van der Waals surface area contributed by atoms with Crippen LogP contribution in [0, 0.1) is 0 Å². The second-order valence-corrected chi connectivity index (χ2v) is 11.7. The molecule has 0 aromatic heterocycles. The summed E-state index contributed by atoms with van der Waals surface area (Å²) in [6, 6.07) is 6.76. The van der Waals surface area contributed by atoms with Crippen molar-refractivity contribution in [3.8, 4) is 11.5 Å². The van der Waals surface area contributed by atoms with E-state index in [-0.39, 0.29) is 29.6 Å². The van der Waals surface area contributed by atoms with E-state index in [2.05, 4.69) is 46.3 Å².